The van der Waals surface area contributed by atoms with Gasteiger partial charge in [-0.3, -0.25) is 0 Å². The van der Waals surface area contributed by atoms with Crippen LogP contribution in [0.4, 0.5) is 4.39 Å². The maximum atomic E-state index is 13.3. The normalized spacial score (nSPS) is 42.9. The van der Waals surface area contributed by atoms with Crippen LogP contribution in [-0.4, -0.2) is 21.9 Å². The van der Waals surface area contributed by atoms with Gasteiger partial charge in [0.25, 0.3) is 0 Å². The third-order valence-corrected chi connectivity index (χ3v) is 10.7. The molecule has 0 unspecified atom stereocenters. The second-order valence-corrected chi connectivity index (χ2v) is 12.3. The zero-order chi connectivity index (χ0) is 22.7. The van der Waals surface area contributed by atoms with Crippen LogP contribution in [0.3, 0.4) is 0 Å². The van der Waals surface area contributed by atoms with Crippen LogP contribution in [0.25, 0.3) is 0 Å². The van der Waals surface area contributed by atoms with E-state index in [9.17, 15) is 14.6 Å². The number of rotatable bonds is 4. The number of aliphatic hydroxyl groups excluding tert-OH is 1. The van der Waals surface area contributed by atoms with Crippen LogP contribution in [0.15, 0.2) is 35.9 Å². The Morgan fingerprint density at radius 1 is 1.03 bits per heavy atom. The van der Waals surface area contributed by atoms with Crippen LogP contribution < -0.4 is 0 Å². The molecular formula is C29H41FO2. The second-order valence-electron chi connectivity index (χ2n) is 12.3. The predicted molar refractivity (Wildman–Crippen MR) is 127 cm³/mol. The number of halogens is 1. The molecule has 8 atom stereocenters. The second kappa shape index (κ2) is 7.94. The fraction of sp³-hybridized carbons (Fsp3) is 0.724. The van der Waals surface area contributed by atoms with E-state index in [1.165, 1.54) is 37.0 Å². The molecule has 4 aliphatic carbocycles. The molecule has 1 aromatic carbocycles. The quantitative estimate of drug-likeness (QED) is 0.528. The Morgan fingerprint density at radius 3 is 2.53 bits per heavy atom. The smallest absolute Gasteiger partial charge is 0.123 e. The van der Waals surface area contributed by atoms with Crippen molar-refractivity contribution in [1.29, 1.82) is 0 Å². The standard InChI is InChI=1S/C29H41FO2/c1-27-15-13-22(31)18-20(27)6-9-23-24-10-11-26(28(24,2)16-14-25(23)27)29(3,32)17-12-19-4-7-21(30)8-5-19/h4-8,22-26,31-32H,9-18H2,1-3H3/t22-,23-,24-,25-,26-,27-,28-,29-/m0/s1. The molecule has 0 radical (unpaired) electrons. The van der Waals surface area contributed by atoms with Gasteiger partial charge in [-0.2, -0.15) is 0 Å². The molecule has 0 aliphatic heterocycles. The predicted octanol–water partition coefficient (Wildman–Crippen LogP) is 6.45. The molecule has 1 aromatic rings. The highest BCUT2D eigenvalue weighted by molar-refractivity contribution is 5.26. The van der Waals surface area contributed by atoms with Crippen molar-refractivity contribution in [3.05, 3.63) is 47.3 Å². The lowest BCUT2D eigenvalue weighted by Gasteiger charge is -2.59. The van der Waals surface area contributed by atoms with Gasteiger partial charge in [-0.1, -0.05) is 37.6 Å². The largest absolute Gasteiger partial charge is 0.393 e. The first-order valence-corrected chi connectivity index (χ1v) is 13.0. The number of benzene rings is 1. The monoisotopic (exact) mass is 440 g/mol. The fourth-order valence-electron chi connectivity index (χ4n) is 8.89. The Morgan fingerprint density at radius 2 is 1.78 bits per heavy atom. The molecule has 0 bridgehead atoms. The van der Waals surface area contributed by atoms with Gasteiger partial charge in [-0.05, 0) is 123 Å². The van der Waals surface area contributed by atoms with Gasteiger partial charge in [-0.15, -0.1) is 0 Å². The van der Waals surface area contributed by atoms with E-state index in [0.717, 1.165) is 62.3 Å². The molecular weight excluding hydrogens is 399 g/mol. The highest BCUT2D eigenvalue weighted by Crippen LogP contribution is 2.67. The molecule has 0 amide bonds. The average Bonchev–Trinajstić information content (AvgIpc) is 3.12. The van der Waals surface area contributed by atoms with Crippen LogP contribution in [-0.2, 0) is 6.42 Å². The van der Waals surface area contributed by atoms with Gasteiger partial charge < -0.3 is 10.2 Å². The van der Waals surface area contributed by atoms with Gasteiger partial charge in [0, 0.05) is 0 Å². The molecule has 32 heavy (non-hydrogen) atoms. The molecule has 4 aliphatic rings. The first-order chi connectivity index (χ1) is 15.1. The van der Waals surface area contributed by atoms with Crippen molar-refractivity contribution in [2.24, 2.45) is 34.5 Å². The highest BCUT2D eigenvalue weighted by Gasteiger charge is 2.61. The first kappa shape index (κ1) is 22.6. The Labute approximate surface area is 193 Å². The lowest BCUT2D eigenvalue weighted by Crippen LogP contribution is -2.53. The summed E-state index contributed by atoms with van der Waals surface area (Å²) < 4.78 is 13.3. The summed E-state index contributed by atoms with van der Waals surface area (Å²) in [7, 11) is 0. The zero-order valence-electron chi connectivity index (χ0n) is 20.1. The van der Waals surface area contributed by atoms with Crippen LogP contribution in [0.1, 0.15) is 84.1 Å². The molecule has 2 N–H and O–H groups in total. The number of hydrogen-bond donors (Lipinski definition) is 2. The maximum absolute atomic E-state index is 13.3. The van der Waals surface area contributed by atoms with Gasteiger partial charge in [0.1, 0.15) is 5.82 Å². The minimum absolute atomic E-state index is 0.146. The van der Waals surface area contributed by atoms with Crippen LogP contribution in [0.2, 0.25) is 0 Å². The number of hydrogen-bond acceptors (Lipinski definition) is 2. The van der Waals surface area contributed by atoms with E-state index in [0.29, 0.717) is 11.8 Å². The zero-order valence-corrected chi connectivity index (χ0v) is 20.1. The van der Waals surface area contributed by atoms with E-state index in [-0.39, 0.29) is 22.8 Å². The van der Waals surface area contributed by atoms with Gasteiger partial charge in [-0.25, -0.2) is 4.39 Å². The minimum Gasteiger partial charge on any atom is -0.393 e. The summed E-state index contributed by atoms with van der Waals surface area (Å²) in [4.78, 5) is 0. The number of aliphatic hydroxyl groups is 2. The molecule has 0 heterocycles. The van der Waals surface area contributed by atoms with Gasteiger partial charge in [0.05, 0.1) is 11.7 Å². The van der Waals surface area contributed by atoms with E-state index < -0.39 is 5.60 Å². The lowest BCUT2D eigenvalue weighted by atomic mass is 9.46. The van der Waals surface area contributed by atoms with Crippen molar-refractivity contribution in [1.82, 2.24) is 0 Å². The summed E-state index contributed by atoms with van der Waals surface area (Å²) in [5.41, 5.74) is 2.41. The Kier molecular flexibility index (Phi) is 5.61. The van der Waals surface area contributed by atoms with Crippen LogP contribution in [0, 0.1) is 40.3 Å². The van der Waals surface area contributed by atoms with Crippen molar-refractivity contribution in [3.8, 4) is 0 Å². The van der Waals surface area contributed by atoms with Gasteiger partial charge in [0.15, 0.2) is 0 Å². The Hall–Kier alpha value is -1.19. The molecule has 3 saturated carbocycles. The number of aryl methyl sites for hydroxylation is 1. The summed E-state index contributed by atoms with van der Waals surface area (Å²) in [6.45, 7) is 7.02. The molecule has 3 heteroatoms. The Balaban J connectivity index is 1.34. The van der Waals surface area contributed by atoms with Crippen molar-refractivity contribution in [2.75, 3.05) is 0 Å². The maximum Gasteiger partial charge on any atom is 0.123 e. The van der Waals surface area contributed by atoms with E-state index >= 15 is 0 Å². The Bertz CT molecular complexity index is 874. The summed E-state index contributed by atoms with van der Waals surface area (Å²) >= 11 is 0. The summed E-state index contributed by atoms with van der Waals surface area (Å²) in [5.74, 6) is 2.26. The highest BCUT2D eigenvalue weighted by atomic mass is 19.1. The minimum atomic E-state index is -0.695. The van der Waals surface area contributed by atoms with Crippen molar-refractivity contribution < 1.29 is 14.6 Å². The van der Waals surface area contributed by atoms with Crippen molar-refractivity contribution >= 4 is 0 Å². The van der Waals surface area contributed by atoms with Crippen LogP contribution in [0.5, 0.6) is 0 Å². The summed E-state index contributed by atoms with van der Waals surface area (Å²) in [6.07, 6.45) is 12.8. The molecule has 0 spiro atoms. The molecule has 3 fully saturated rings. The van der Waals surface area contributed by atoms with E-state index in [2.05, 4.69) is 26.8 Å². The summed E-state index contributed by atoms with van der Waals surface area (Å²) in [6, 6.07) is 6.74. The van der Waals surface area contributed by atoms with Crippen LogP contribution >= 0.6 is 0 Å². The SMILES string of the molecule is C[C@]12CC[C@H]3[C@@H](CC=C4C[C@@H](O)CC[C@@]43C)[C@@H]1CC[C@@H]2[C@@](C)(O)CCc1ccc(F)cc1. The van der Waals surface area contributed by atoms with Crippen molar-refractivity contribution in [3.63, 3.8) is 0 Å². The third kappa shape index (κ3) is 3.59. The van der Waals surface area contributed by atoms with Crippen molar-refractivity contribution in [2.45, 2.75) is 96.7 Å². The number of allylic oxidation sites excluding steroid dienone is 1. The molecule has 176 valence electrons. The van der Waals surface area contributed by atoms with E-state index in [1.807, 2.05) is 12.1 Å². The average molecular weight is 441 g/mol. The van der Waals surface area contributed by atoms with E-state index in [1.54, 1.807) is 0 Å². The molecule has 0 aromatic heterocycles. The molecule has 5 rings (SSSR count). The topological polar surface area (TPSA) is 40.5 Å². The molecule has 2 nitrogen and oxygen atoms in total. The first-order valence-electron chi connectivity index (χ1n) is 13.0. The molecule has 0 saturated heterocycles. The lowest BCUT2D eigenvalue weighted by molar-refractivity contribution is -0.104. The van der Waals surface area contributed by atoms with Gasteiger partial charge >= 0.3 is 0 Å². The third-order valence-electron chi connectivity index (χ3n) is 10.7. The van der Waals surface area contributed by atoms with Gasteiger partial charge in [0.2, 0.25) is 0 Å². The number of fused-ring (bicyclic) bond motifs is 5. The summed E-state index contributed by atoms with van der Waals surface area (Å²) in [5, 5.41) is 21.9. The fourth-order valence-corrected chi connectivity index (χ4v) is 8.89. The van der Waals surface area contributed by atoms with E-state index in [4.69, 9.17) is 0 Å².